The maximum atomic E-state index is 9.40. The SMILES string of the molecule is Cc1cccc2cc(C#N)c(NCCCNC(=S)Nc3ccc(Cl)cc3)nc12. The van der Waals surface area contributed by atoms with Crippen LogP contribution in [0, 0.1) is 18.3 Å². The van der Waals surface area contributed by atoms with Crippen LogP contribution in [0.15, 0.2) is 48.5 Å². The Morgan fingerprint density at radius 1 is 1.18 bits per heavy atom. The van der Waals surface area contributed by atoms with Gasteiger partial charge in [0, 0.05) is 29.2 Å². The van der Waals surface area contributed by atoms with Crippen LogP contribution in [0.5, 0.6) is 0 Å². The molecular weight excluding hydrogens is 390 g/mol. The highest BCUT2D eigenvalue weighted by atomic mass is 35.5. The van der Waals surface area contributed by atoms with Crippen LogP contribution in [0.1, 0.15) is 17.5 Å². The number of nitriles is 1. The van der Waals surface area contributed by atoms with Crippen molar-refractivity contribution in [3.8, 4) is 6.07 Å². The number of nitrogens with one attached hydrogen (secondary N) is 3. The Labute approximate surface area is 174 Å². The number of nitrogens with zero attached hydrogens (tertiary/aromatic N) is 2. The van der Waals surface area contributed by atoms with Crippen LogP contribution in [0.25, 0.3) is 10.9 Å². The van der Waals surface area contributed by atoms with Crippen molar-refractivity contribution in [2.24, 2.45) is 0 Å². The van der Waals surface area contributed by atoms with Crippen LogP contribution in [0.3, 0.4) is 0 Å². The summed E-state index contributed by atoms with van der Waals surface area (Å²) in [6.45, 7) is 3.39. The zero-order valence-corrected chi connectivity index (χ0v) is 17.0. The number of aryl methyl sites for hydroxylation is 1. The quantitative estimate of drug-likeness (QED) is 0.399. The fourth-order valence-electron chi connectivity index (χ4n) is 2.77. The number of rotatable bonds is 6. The van der Waals surface area contributed by atoms with Gasteiger partial charge < -0.3 is 16.0 Å². The topological polar surface area (TPSA) is 72.8 Å². The molecule has 1 aromatic heterocycles. The number of fused-ring (bicyclic) bond motifs is 1. The Kier molecular flexibility index (Phi) is 6.64. The summed E-state index contributed by atoms with van der Waals surface area (Å²) in [6, 6.07) is 17.4. The number of hydrogen-bond acceptors (Lipinski definition) is 4. The molecule has 0 unspecified atom stereocenters. The van der Waals surface area contributed by atoms with E-state index in [4.69, 9.17) is 23.8 Å². The molecule has 28 heavy (non-hydrogen) atoms. The van der Waals surface area contributed by atoms with E-state index in [1.165, 1.54) is 0 Å². The molecule has 0 spiro atoms. The van der Waals surface area contributed by atoms with E-state index >= 15 is 0 Å². The molecule has 0 aliphatic rings. The number of anilines is 2. The third-order valence-electron chi connectivity index (χ3n) is 4.20. The average Bonchev–Trinajstić information content (AvgIpc) is 2.69. The van der Waals surface area contributed by atoms with Gasteiger partial charge in [0.2, 0.25) is 0 Å². The first-order chi connectivity index (χ1) is 13.6. The predicted molar refractivity (Wildman–Crippen MR) is 120 cm³/mol. The van der Waals surface area contributed by atoms with Gasteiger partial charge in [-0.05, 0) is 61.5 Å². The van der Waals surface area contributed by atoms with Crippen molar-refractivity contribution in [1.82, 2.24) is 10.3 Å². The van der Waals surface area contributed by atoms with Gasteiger partial charge in [-0.3, -0.25) is 0 Å². The lowest BCUT2D eigenvalue weighted by atomic mass is 10.1. The molecule has 0 aliphatic heterocycles. The standard InChI is InChI=1S/C21H20ClN5S/c1-14-4-2-5-15-12-16(13-23)20(27-19(14)15)24-10-3-11-25-21(28)26-18-8-6-17(22)7-9-18/h2,4-9,12H,3,10-11H2,1H3,(H,24,27)(H2,25,26,28). The molecule has 0 radical (unpaired) electrons. The van der Waals surface area contributed by atoms with E-state index in [0.717, 1.165) is 28.6 Å². The van der Waals surface area contributed by atoms with Gasteiger partial charge in [-0.25, -0.2) is 4.98 Å². The minimum atomic E-state index is 0.547. The van der Waals surface area contributed by atoms with Crippen LogP contribution in [0.4, 0.5) is 11.5 Å². The smallest absolute Gasteiger partial charge is 0.170 e. The summed E-state index contributed by atoms with van der Waals surface area (Å²) < 4.78 is 0. The Morgan fingerprint density at radius 2 is 1.96 bits per heavy atom. The molecule has 1 heterocycles. The molecule has 0 bridgehead atoms. The van der Waals surface area contributed by atoms with Crippen molar-refractivity contribution in [3.63, 3.8) is 0 Å². The maximum absolute atomic E-state index is 9.40. The summed E-state index contributed by atoms with van der Waals surface area (Å²) in [5.74, 6) is 0.617. The molecule has 0 atom stereocenters. The molecule has 5 nitrogen and oxygen atoms in total. The van der Waals surface area contributed by atoms with Crippen molar-refractivity contribution in [1.29, 1.82) is 5.26 Å². The minimum Gasteiger partial charge on any atom is -0.369 e. The molecule has 2 aromatic carbocycles. The minimum absolute atomic E-state index is 0.547. The van der Waals surface area contributed by atoms with Crippen molar-refractivity contribution in [2.75, 3.05) is 23.7 Å². The number of benzene rings is 2. The van der Waals surface area contributed by atoms with Crippen LogP contribution in [-0.4, -0.2) is 23.2 Å². The molecule has 0 saturated heterocycles. The summed E-state index contributed by atoms with van der Waals surface area (Å²) in [5, 5.41) is 21.1. The average molecular weight is 410 g/mol. The van der Waals surface area contributed by atoms with Gasteiger partial charge in [0.15, 0.2) is 5.11 Å². The first kappa shape index (κ1) is 19.9. The van der Waals surface area contributed by atoms with E-state index in [2.05, 4.69) is 27.0 Å². The van der Waals surface area contributed by atoms with E-state index < -0.39 is 0 Å². The van der Waals surface area contributed by atoms with E-state index in [9.17, 15) is 5.26 Å². The third-order valence-corrected chi connectivity index (χ3v) is 4.70. The van der Waals surface area contributed by atoms with Gasteiger partial charge in [-0.15, -0.1) is 0 Å². The van der Waals surface area contributed by atoms with Crippen LogP contribution in [0.2, 0.25) is 5.02 Å². The van der Waals surface area contributed by atoms with Crippen LogP contribution < -0.4 is 16.0 Å². The number of thiocarbonyl (C=S) groups is 1. The highest BCUT2D eigenvalue weighted by molar-refractivity contribution is 7.80. The fourth-order valence-corrected chi connectivity index (χ4v) is 3.12. The molecule has 142 valence electrons. The number of pyridine rings is 1. The molecule has 3 rings (SSSR count). The van der Waals surface area contributed by atoms with E-state index in [0.29, 0.717) is 34.6 Å². The zero-order chi connectivity index (χ0) is 19.9. The Hall–Kier alpha value is -2.88. The molecule has 0 amide bonds. The largest absolute Gasteiger partial charge is 0.369 e. The fraction of sp³-hybridized carbons (Fsp3) is 0.190. The molecule has 0 fully saturated rings. The van der Waals surface area contributed by atoms with Gasteiger partial charge in [0.25, 0.3) is 0 Å². The van der Waals surface area contributed by atoms with Crippen LogP contribution in [-0.2, 0) is 0 Å². The first-order valence-electron chi connectivity index (χ1n) is 8.91. The Balaban J connectivity index is 1.50. The van der Waals surface area contributed by atoms with Gasteiger partial charge in [-0.2, -0.15) is 5.26 Å². The lowest BCUT2D eigenvalue weighted by Crippen LogP contribution is -2.30. The highest BCUT2D eigenvalue weighted by Gasteiger charge is 2.07. The van der Waals surface area contributed by atoms with Crippen molar-refractivity contribution in [2.45, 2.75) is 13.3 Å². The number of halogens is 1. The molecular formula is C21H20ClN5S. The van der Waals surface area contributed by atoms with E-state index in [-0.39, 0.29) is 0 Å². The van der Waals surface area contributed by atoms with Gasteiger partial charge in [0.05, 0.1) is 11.1 Å². The Morgan fingerprint density at radius 3 is 2.71 bits per heavy atom. The van der Waals surface area contributed by atoms with E-state index in [1.54, 1.807) is 0 Å². The lowest BCUT2D eigenvalue weighted by molar-refractivity contribution is 0.807. The normalized spacial score (nSPS) is 10.3. The maximum Gasteiger partial charge on any atom is 0.170 e. The molecule has 3 aromatic rings. The van der Waals surface area contributed by atoms with Gasteiger partial charge >= 0.3 is 0 Å². The van der Waals surface area contributed by atoms with Crippen molar-refractivity contribution < 1.29 is 0 Å². The van der Waals surface area contributed by atoms with Gasteiger partial charge in [-0.1, -0.05) is 29.8 Å². The zero-order valence-electron chi connectivity index (χ0n) is 15.4. The number of para-hydroxylation sites is 1. The molecule has 7 heteroatoms. The Bertz CT molecular complexity index is 1030. The number of hydrogen-bond donors (Lipinski definition) is 3. The monoisotopic (exact) mass is 409 g/mol. The summed E-state index contributed by atoms with van der Waals surface area (Å²) >= 11 is 11.2. The summed E-state index contributed by atoms with van der Waals surface area (Å²) in [4.78, 5) is 4.64. The van der Waals surface area contributed by atoms with E-state index in [1.807, 2.05) is 55.5 Å². The third kappa shape index (κ3) is 5.10. The molecule has 0 aliphatic carbocycles. The summed E-state index contributed by atoms with van der Waals surface area (Å²) in [5.41, 5.74) is 3.43. The molecule has 3 N–H and O–H groups in total. The van der Waals surface area contributed by atoms with Crippen LogP contribution >= 0.6 is 23.8 Å². The van der Waals surface area contributed by atoms with Gasteiger partial charge in [0.1, 0.15) is 11.9 Å². The second-order valence-corrected chi connectivity index (χ2v) is 7.16. The number of aromatic nitrogens is 1. The van der Waals surface area contributed by atoms with Crippen molar-refractivity contribution in [3.05, 3.63) is 64.7 Å². The second-order valence-electron chi connectivity index (χ2n) is 6.31. The van der Waals surface area contributed by atoms with Crippen molar-refractivity contribution >= 4 is 51.3 Å². The lowest BCUT2D eigenvalue weighted by Gasteiger charge is -2.12. The summed E-state index contributed by atoms with van der Waals surface area (Å²) in [6.07, 6.45) is 0.820. The molecule has 0 saturated carbocycles. The highest BCUT2D eigenvalue weighted by Crippen LogP contribution is 2.22. The second kappa shape index (κ2) is 9.36. The summed E-state index contributed by atoms with van der Waals surface area (Å²) in [7, 11) is 0. The first-order valence-corrected chi connectivity index (χ1v) is 9.70. The predicted octanol–water partition coefficient (Wildman–Crippen LogP) is 4.86.